The molecule has 108 valence electrons. The van der Waals surface area contributed by atoms with E-state index in [4.69, 9.17) is 18.9 Å². The van der Waals surface area contributed by atoms with E-state index in [0.717, 1.165) is 9.81 Å². The molecule has 0 aliphatic rings. The van der Waals surface area contributed by atoms with Gasteiger partial charge in [-0.1, -0.05) is 13.0 Å². The van der Waals surface area contributed by atoms with E-state index in [9.17, 15) is 0 Å². The summed E-state index contributed by atoms with van der Waals surface area (Å²) < 4.78 is 22.3. The van der Waals surface area contributed by atoms with Crippen LogP contribution in [-0.4, -0.2) is 46.9 Å². The fourth-order valence-corrected chi connectivity index (χ4v) is 2.39. The predicted molar refractivity (Wildman–Crippen MR) is 79.1 cm³/mol. The van der Waals surface area contributed by atoms with Crippen LogP contribution in [0.3, 0.4) is 0 Å². The predicted octanol–water partition coefficient (Wildman–Crippen LogP) is 3.29. The van der Waals surface area contributed by atoms with Gasteiger partial charge in [0.05, 0.1) is 3.39 Å². The zero-order valence-corrected chi connectivity index (χ0v) is 14.5. The van der Waals surface area contributed by atoms with Crippen LogP contribution in [0.2, 0.25) is 0 Å². The molecule has 0 unspecified atom stereocenters. The van der Waals surface area contributed by atoms with Gasteiger partial charge in [0.15, 0.2) is 6.29 Å². The van der Waals surface area contributed by atoms with Gasteiger partial charge in [-0.3, -0.25) is 0 Å². The lowest BCUT2D eigenvalue weighted by Crippen LogP contribution is -2.37. The van der Waals surface area contributed by atoms with Crippen molar-refractivity contribution in [3.05, 3.63) is 9.47 Å². The van der Waals surface area contributed by atoms with Crippen molar-refractivity contribution in [2.24, 2.45) is 5.92 Å². The highest BCUT2D eigenvalue weighted by atomic mass is 79.9. The third-order valence-corrected chi connectivity index (χ3v) is 2.97. The van der Waals surface area contributed by atoms with Crippen LogP contribution < -0.4 is 0 Å². The van der Waals surface area contributed by atoms with Crippen molar-refractivity contribution in [2.75, 3.05) is 34.5 Å². The van der Waals surface area contributed by atoms with Crippen molar-refractivity contribution in [3.8, 4) is 0 Å². The second-order valence-corrected chi connectivity index (χ2v) is 6.61. The van der Waals surface area contributed by atoms with Crippen LogP contribution in [0.1, 0.15) is 13.3 Å². The summed E-state index contributed by atoms with van der Waals surface area (Å²) in [6.07, 6.45) is 2.30. The first-order valence-electron chi connectivity index (χ1n) is 5.75. The van der Waals surface area contributed by atoms with Crippen molar-refractivity contribution in [2.45, 2.75) is 25.7 Å². The monoisotopic (exact) mass is 388 g/mol. The minimum Gasteiger partial charge on any atom is -0.385 e. The summed E-state index contributed by atoms with van der Waals surface area (Å²) >= 11 is 6.70. The molecule has 0 amide bonds. The summed E-state index contributed by atoms with van der Waals surface area (Å²) in [7, 11) is 4.90. The second-order valence-electron chi connectivity index (χ2n) is 3.84. The van der Waals surface area contributed by atoms with Crippen LogP contribution in [-0.2, 0) is 18.9 Å². The first-order valence-corrected chi connectivity index (χ1v) is 7.34. The third-order valence-electron chi connectivity index (χ3n) is 2.44. The molecule has 0 fully saturated rings. The molecule has 0 rings (SSSR count). The van der Waals surface area contributed by atoms with Gasteiger partial charge in [0.1, 0.15) is 6.10 Å². The molecule has 0 heterocycles. The smallest absolute Gasteiger partial charge is 0.183 e. The molecule has 4 nitrogen and oxygen atoms in total. The summed E-state index contributed by atoms with van der Waals surface area (Å²) in [4.78, 5) is 0. The fraction of sp³-hybridized carbons (Fsp3) is 0.833. The van der Waals surface area contributed by atoms with Crippen molar-refractivity contribution >= 4 is 31.9 Å². The molecular weight excluding hydrogens is 368 g/mol. The maximum atomic E-state index is 5.83. The summed E-state index contributed by atoms with van der Waals surface area (Å²) in [6, 6.07) is 0. The van der Waals surface area contributed by atoms with Gasteiger partial charge in [-0.05, 0) is 38.3 Å². The van der Waals surface area contributed by atoms with Crippen molar-refractivity contribution in [1.29, 1.82) is 0 Å². The first kappa shape index (κ1) is 18.5. The lowest BCUT2D eigenvalue weighted by Gasteiger charge is -2.28. The Balaban J connectivity index is 4.45. The zero-order valence-electron chi connectivity index (χ0n) is 11.3. The molecule has 0 aliphatic heterocycles. The topological polar surface area (TPSA) is 36.9 Å². The molecule has 0 bridgehead atoms. The number of ether oxygens (including phenoxy) is 4. The SMILES string of the molecule is COCCCO[C@@H](C(OC)OC)[C@@H](C)C=C(Br)Br. The number of hydrogen-bond donors (Lipinski definition) is 0. The van der Waals surface area contributed by atoms with Crippen LogP contribution in [0.5, 0.6) is 0 Å². The minimum atomic E-state index is -0.391. The average Bonchev–Trinajstić information content (AvgIpc) is 2.32. The van der Waals surface area contributed by atoms with Gasteiger partial charge < -0.3 is 18.9 Å². The standard InChI is InChI=1S/C12H22Br2O4/c1-9(8-10(13)14)11(12(16-3)17-4)18-7-5-6-15-2/h8-9,11-12H,5-7H2,1-4H3/t9-,11+/m0/s1. The van der Waals surface area contributed by atoms with Crippen LogP contribution in [0.25, 0.3) is 0 Å². The fourth-order valence-electron chi connectivity index (χ4n) is 1.56. The minimum absolute atomic E-state index is 0.145. The van der Waals surface area contributed by atoms with Gasteiger partial charge >= 0.3 is 0 Å². The van der Waals surface area contributed by atoms with E-state index in [1.807, 2.05) is 6.08 Å². The normalized spacial score (nSPS) is 14.6. The number of methoxy groups -OCH3 is 3. The lowest BCUT2D eigenvalue weighted by molar-refractivity contribution is -0.190. The van der Waals surface area contributed by atoms with Gasteiger partial charge in [-0.2, -0.15) is 0 Å². The van der Waals surface area contributed by atoms with E-state index < -0.39 is 6.29 Å². The highest BCUT2D eigenvalue weighted by Gasteiger charge is 2.26. The van der Waals surface area contributed by atoms with Crippen LogP contribution >= 0.6 is 31.9 Å². The van der Waals surface area contributed by atoms with Crippen molar-refractivity contribution in [3.63, 3.8) is 0 Å². The molecule has 2 atom stereocenters. The Bertz CT molecular complexity index is 228. The molecular formula is C12H22Br2O4. The molecule has 18 heavy (non-hydrogen) atoms. The van der Waals surface area contributed by atoms with Crippen LogP contribution in [0.4, 0.5) is 0 Å². The Hall–Kier alpha value is 0.540. The highest BCUT2D eigenvalue weighted by Crippen LogP contribution is 2.22. The van der Waals surface area contributed by atoms with E-state index in [1.54, 1.807) is 21.3 Å². The highest BCUT2D eigenvalue weighted by molar-refractivity contribution is 9.28. The van der Waals surface area contributed by atoms with Gasteiger partial charge in [0.2, 0.25) is 0 Å². The Labute approximate surface area is 126 Å². The Morgan fingerprint density at radius 2 is 1.72 bits per heavy atom. The lowest BCUT2D eigenvalue weighted by atomic mass is 10.0. The third kappa shape index (κ3) is 7.86. The molecule has 0 radical (unpaired) electrons. The first-order chi connectivity index (χ1) is 8.56. The van der Waals surface area contributed by atoms with Crippen molar-refractivity contribution < 1.29 is 18.9 Å². The number of halogens is 2. The molecule has 0 saturated carbocycles. The second kappa shape index (κ2) is 11.4. The van der Waals surface area contributed by atoms with Gasteiger partial charge in [0.25, 0.3) is 0 Å². The summed E-state index contributed by atoms with van der Waals surface area (Å²) in [5.41, 5.74) is 0. The molecule has 0 saturated heterocycles. The van der Waals surface area contributed by atoms with Gasteiger partial charge in [-0.25, -0.2) is 0 Å². The van der Waals surface area contributed by atoms with E-state index in [2.05, 4.69) is 38.8 Å². The summed E-state index contributed by atoms with van der Waals surface area (Å²) in [5, 5.41) is 0. The zero-order chi connectivity index (χ0) is 14.0. The van der Waals surface area contributed by atoms with E-state index in [0.29, 0.717) is 13.2 Å². The van der Waals surface area contributed by atoms with E-state index in [1.165, 1.54) is 0 Å². The number of hydrogen-bond acceptors (Lipinski definition) is 4. The maximum Gasteiger partial charge on any atom is 0.183 e. The quantitative estimate of drug-likeness (QED) is 0.424. The molecule has 0 aromatic carbocycles. The molecule has 0 N–H and O–H groups in total. The summed E-state index contributed by atoms with van der Waals surface area (Å²) in [5.74, 6) is 0.145. The van der Waals surface area contributed by atoms with Crippen LogP contribution in [0.15, 0.2) is 9.47 Å². The molecule has 6 heteroatoms. The van der Waals surface area contributed by atoms with Crippen LogP contribution in [0, 0.1) is 5.92 Å². The summed E-state index contributed by atoms with van der Waals surface area (Å²) in [6.45, 7) is 3.35. The maximum absolute atomic E-state index is 5.83. The molecule has 0 spiro atoms. The number of rotatable bonds is 10. The largest absolute Gasteiger partial charge is 0.385 e. The Kier molecular flexibility index (Phi) is 11.7. The Morgan fingerprint density at radius 3 is 2.17 bits per heavy atom. The Morgan fingerprint density at radius 1 is 1.11 bits per heavy atom. The average molecular weight is 390 g/mol. The molecule has 0 aliphatic carbocycles. The van der Waals surface area contributed by atoms with Gasteiger partial charge in [0, 0.05) is 40.5 Å². The van der Waals surface area contributed by atoms with Crippen molar-refractivity contribution in [1.82, 2.24) is 0 Å². The van der Waals surface area contributed by atoms with E-state index >= 15 is 0 Å². The van der Waals surface area contributed by atoms with Gasteiger partial charge in [-0.15, -0.1) is 0 Å². The molecule has 0 aromatic heterocycles. The van der Waals surface area contributed by atoms with E-state index in [-0.39, 0.29) is 12.0 Å². The molecule has 0 aromatic rings.